The molecule has 0 aliphatic heterocycles. The highest BCUT2D eigenvalue weighted by Gasteiger charge is 2.24. The predicted molar refractivity (Wildman–Crippen MR) is 112 cm³/mol. The van der Waals surface area contributed by atoms with Crippen molar-refractivity contribution in [3.63, 3.8) is 0 Å². The van der Waals surface area contributed by atoms with E-state index in [0.29, 0.717) is 5.56 Å². The molecule has 27 heavy (non-hydrogen) atoms. The van der Waals surface area contributed by atoms with Gasteiger partial charge < -0.3 is 15.0 Å². The second kappa shape index (κ2) is 8.44. The Morgan fingerprint density at radius 3 is 2.48 bits per heavy atom. The zero-order valence-electron chi connectivity index (χ0n) is 16.1. The zero-order chi connectivity index (χ0) is 19.4. The van der Waals surface area contributed by atoms with Crippen molar-refractivity contribution in [1.82, 2.24) is 4.57 Å². The van der Waals surface area contributed by atoms with Crippen LogP contribution in [-0.4, -0.2) is 17.6 Å². The Morgan fingerprint density at radius 1 is 1.19 bits per heavy atom. The Balaban J connectivity index is 2.11. The number of aromatic nitrogens is 1. The second-order valence-corrected chi connectivity index (χ2v) is 7.64. The summed E-state index contributed by atoms with van der Waals surface area (Å²) in [6.07, 6.45) is 2.86. The first kappa shape index (κ1) is 19.2. The number of aryl methyl sites for hydroxylation is 1. The van der Waals surface area contributed by atoms with Crippen molar-refractivity contribution in [2.75, 3.05) is 7.11 Å². The van der Waals surface area contributed by atoms with Crippen LogP contribution in [0.5, 0.6) is 5.75 Å². The summed E-state index contributed by atoms with van der Waals surface area (Å²) < 4.78 is 7.55. The molecular formula is C22H26N2O2S. The molecule has 0 aliphatic carbocycles. The topological polar surface area (TPSA) is 57.2 Å². The lowest BCUT2D eigenvalue weighted by Crippen LogP contribution is -2.13. The fraction of sp³-hybridized carbons (Fsp3) is 0.318. The van der Waals surface area contributed by atoms with Crippen molar-refractivity contribution in [1.29, 1.82) is 0 Å². The third kappa shape index (κ3) is 3.93. The first-order valence-electron chi connectivity index (χ1n) is 9.25. The van der Waals surface area contributed by atoms with Gasteiger partial charge in [-0.05, 0) is 48.9 Å². The number of nitrogens with zero attached hydrogens (tertiary/aromatic N) is 1. The number of primary amides is 1. The number of amides is 1. The van der Waals surface area contributed by atoms with E-state index in [-0.39, 0.29) is 5.91 Å². The van der Waals surface area contributed by atoms with E-state index in [1.165, 1.54) is 10.6 Å². The molecule has 0 fully saturated rings. The highest BCUT2D eigenvalue weighted by Crippen LogP contribution is 2.34. The normalized spacial score (nSPS) is 10.9. The van der Waals surface area contributed by atoms with Gasteiger partial charge in [0.1, 0.15) is 5.75 Å². The van der Waals surface area contributed by atoms with Gasteiger partial charge in [0.15, 0.2) is 0 Å². The number of carbonyl (C=O) groups is 1. The van der Waals surface area contributed by atoms with Crippen LogP contribution in [0, 0.1) is 6.92 Å². The van der Waals surface area contributed by atoms with Crippen molar-refractivity contribution in [3.05, 3.63) is 63.6 Å². The number of ether oxygens (including phenoxy) is 1. The average Bonchev–Trinajstić information content (AvgIpc) is 3.27. The summed E-state index contributed by atoms with van der Waals surface area (Å²) in [5.41, 5.74) is 10.5. The van der Waals surface area contributed by atoms with Crippen LogP contribution in [0.4, 0.5) is 0 Å². The summed E-state index contributed by atoms with van der Waals surface area (Å²) in [5.74, 6) is 0.427. The lowest BCUT2D eigenvalue weighted by atomic mass is 9.98. The molecule has 3 aromatic rings. The highest BCUT2D eigenvalue weighted by molar-refractivity contribution is 7.09. The van der Waals surface area contributed by atoms with E-state index < -0.39 is 0 Å². The molecule has 0 aliphatic rings. The minimum Gasteiger partial charge on any atom is -0.497 e. The molecule has 0 saturated heterocycles. The monoisotopic (exact) mass is 382 g/mol. The van der Waals surface area contributed by atoms with Gasteiger partial charge in [-0.3, -0.25) is 4.79 Å². The van der Waals surface area contributed by atoms with Crippen LogP contribution in [0.1, 0.15) is 40.0 Å². The number of nitrogens with two attached hydrogens (primary N) is 1. The van der Waals surface area contributed by atoms with Crippen LogP contribution in [0.25, 0.3) is 11.1 Å². The molecule has 0 radical (unpaired) electrons. The van der Waals surface area contributed by atoms with Gasteiger partial charge in [-0.1, -0.05) is 31.5 Å². The summed E-state index contributed by atoms with van der Waals surface area (Å²) in [7, 11) is 1.65. The van der Waals surface area contributed by atoms with Crippen molar-refractivity contribution in [2.24, 2.45) is 5.73 Å². The quantitative estimate of drug-likeness (QED) is 0.607. The zero-order valence-corrected chi connectivity index (χ0v) is 16.9. The third-order valence-electron chi connectivity index (χ3n) is 4.90. The predicted octanol–water partition coefficient (Wildman–Crippen LogP) is 4.83. The Kier molecular flexibility index (Phi) is 6.01. The molecule has 0 bridgehead atoms. The van der Waals surface area contributed by atoms with E-state index in [9.17, 15) is 4.79 Å². The summed E-state index contributed by atoms with van der Waals surface area (Å²) in [6, 6.07) is 12.1. The van der Waals surface area contributed by atoms with Crippen LogP contribution >= 0.6 is 11.3 Å². The van der Waals surface area contributed by atoms with Crippen molar-refractivity contribution in [3.8, 4) is 16.9 Å². The van der Waals surface area contributed by atoms with Crippen molar-refractivity contribution >= 4 is 17.2 Å². The fourth-order valence-corrected chi connectivity index (χ4v) is 4.34. The number of benzene rings is 1. The number of thiophene rings is 1. The van der Waals surface area contributed by atoms with Crippen molar-refractivity contribution < 1.29 is 9.53 Å². The van der Waals surface area contributed by atoms with Crippen molar-refractivity contribution in [2.45, 2.75) is 39.7 Å². The van der Waals surface area contributed by atoms with Crippen LogP contribution < -0.4 is 10.5 Å². The molecule has 0 saturated carbocycles. The summed E-state index contributed by atoms with van der Waals surface area (Å²) >= 11 is 1.77. The van der Waals surface area contributed by atoms with Gasteiger partial charge in [0.05, 0.1) is 12.7 Å². The van der Waals surface area contributed by atoms with E-state index in [1.54, 1.807) is 18.4 Å². The van der Waals surface area contributed by atoms with Crippen LogP contribution in [0.3, 0.4) is 0 Å². The lowest BCUT2D eigenvalue weighted by molar-refractivity contribution is 0.1000. The Morgan fingerprint density at radius 2 is 1.93 bits per heavy atom. The molecule has 0 atom stereocenters. The fourth-order valence-electron chi connectivity index (χ4n) is 3.64. The molecule has 2 heterocycles. The smallest absolute Gasteiger partial charge is 0.251 e. The SMILES string of the molecule is CCCc1c(-c2ccc(OC)cc2)c(C(N)=O)c(C)n1CCc1cccs1. The molecule has 2 aromatic heterocycles. The Hall–Kier alpha value is -2.53. The molecule has 1 aromatic carbocycles. The first-order chi connectivity index (χ1) is 13.1. The van der Waals surface area contributed by atoms with Crippen LogP contribution in [0.15, 0.2) is 41.8 Å². The molecule has 0 spiro atoms. The number of hydrogen-bond acceptors (Lipinski definition) is 3. The molecule has 142 valence electrons. The van der Waals surface area contributed by atoms with E-state index in [1.807, 2.05) is 31.2 Å². The van der Waals surface area contributed by atoms with Gasteiger partial charge in [-0.25, -0.2) is 0 Å². The molecule has 1 amide bonds. The second-order valence-electron chi connectivity index (χ2n) is 6.61. The lowest BCUT2D eigenvalue weighted by Gasteiger charge is -2.12. The van der Waals surface area contributed by atoms with Gasteiger partial charge in [0, 0.05) is 28.4 Å². The summed E-state index contributed by atoms with van der Waals surface area (Å²) in [4.78, 5) is 13.7. The number of methoxy groups -OCH3 is 1. The summed E-state index contributed by atoms with van der Waals surface area (Å²) in [6.45, 7) is 5.01. The molecule has 4 nitrogen and oxygen atoms in total. The van der Waals surface area contributed by atoms with E-state index in [2.05, 4.69) is 29.0 Å². The summed E-state index contributed by atoms with van der Waals surface area (Å²) in [5, 5.41) is 2.10. The maximum atomic E-state index is 12.3. The van der Waals surface area contributed by atoms with Crippen LogP contribution in [-0.2, 0) is 19.4 Å². The minimum atomic E-state index is -0.370. The van der Waals surface area contributed by atoms with E-state index >= 15 is 0 Å². The molecule has 2 N–H and O–H groups in total. The number of carbonyl (C=O) groups excluding carboxylic acids is 1. The molecular weight excluding hydrogens is 356 g/mol. The molecule has 5 heteroatoms. The maximum Gasteiger partial charge on any atom is 0.251 e. The van der Waals surface area contributed by atoms with Gasteiger partial charge in [0.2, 0.25) is 0 Å². The molecule has 0 unspecified atom stereocenters. The van der Waals surface area contributed by atoms with Gasteiger partial charge in [-0.2, -0.15) is 0 Å². The standard InChI is InChI=1S/C22H26N2O2S/c1-4-6-19-21(16-8-10-17(26-3)11-9-16)20(22(23)25)15(2)24(19)13-12-18-7-5-14-27-18/h5,7-11,14H,4,6,12-13H2,1-3H3,(H2,23,25). The Labute approximate surface area is 164 Å². The maximum absolute atomic E-state index is 12.3. The highest BCUT2D eigenvalue weighted by atomic mass is 32.1. The number of hydrogen-bond donors (Lipinski definition) is 1. The third-order valence-corrected chi connectivity index (χ3v) is 5.84. The van der Waals surface area contributed by atoms with Gasteiger partial charge >= 0.3 is 0 Å². The first-order valence-corrected chi connectivity index (χ1v) is 10.1. The average molecular weight is 383 g/mol. The van der Waals surface area contributed by atoms with E-state index in [0.717, 1.165) is 48.4 Å². The van der Waals surface area contributed by atoms with Crippen LogP contribution in [0.2, 0.25) is 0 Å². The van der Waals surface area contributed by atoms with Gasteiger partial charge in [0.25, 0.3) is 5.91 Å². The molecule has 3 rings (SSSR count). The minimum absolute atomic E-state index is 0.370. The Bertz CT molecular complexity index is 909. The van der Waals surface area contributed by atoms with E-state index in [4.69, 9.17) is 10.5 Å². The largest absolute Gasteiger partial charge is 0.497 e. The number of rotatable bonds is 8. The van der Waals surface area contributed by atoms with Gasteiger partial charge in [-0.15, -0.1) is 11.3 Å².